The third kappa shape index (κ3) is 7.42. The number of benzene rings is 2. The number of aromatic nitrogens is 3. The first-order valence-electron chi connectivity index (χ1n) is 12.5. The van der Waals surface area contributed by atoms with Crippen molar-refractivity contribution in [2.24, 2.45) is 0 Å². The van der Waals surface area contributed by atoms with E-state index in [0.29, 0.717) is 60.1 Å². The standard InChI is InChI=1S/C27H28Cl2N6O4S/c1-3-9-35-24(17(2)30-25(37)21-8-7-19(28)15-22(21)29)32-33-27(35)40-16-23(36)31-20-6-4-5-18(14-20)26(38)34-10-12-39-13-11-34/h3-8,14-15,17H,1,9-13,16H2,2H3,(H,30,37)(H,31,36)/t17-/m1/s1. The maximum absolute atomic E-state index is 12.8. The number of thioether (sulfide) groups is 1. The number of carbonyl (C=O) groups is 3. The van der Waals surface area contributed by atoms with Crippen LogP contribution >= 0.6 is 35.0 Å². The van der Waals surface area contributed by atoms with E-state index in [1.807, 2.05) is 0 Å². The van der Waals surface area contributed by atoms with Gasteiger partial charge >= 0.3 is 0 Å². The lowest BCUT2D eigenvalue weighted by molar-refractivity contribution is -0.113. The van der Waals surface area contributed by atoms with Gasteiger partial charge in [0.05, 0.1) is 35.6 Å². The Hall–Kier alpha value is -3.38. The number of hydrogen-bond donors (Lipinski definition) is 2. The minimum atomic E-state index is -0.512. The number of anilines is 1. The molecule has 1 atom stereocenters. The monoisotopic (exact) mass is 602 g/mol. The van der Waals surface area contributed by atoms with Crippen LogP contribution in [0.2, 0.25) is 10.0 Å². The summed E-state index contributed by atoms with van der Waals surface area (Å²) in [6.45, 7) is 8.05. The summed E-state index contributed by atoms with van der Waals surface area (Å²) in [6, 6.07) is 11.0. The molecule has 0 bridgehead atoms. The summed E-state index contributed by atoms with van der Waals surface area (Å²) in [5, 5.41) is 15.3. The van der Waals surface area contributed by atoms with Crippen molar-refractivity contribution in [1.29, 1.82) is 0 Å². The number of allylic oxidation sites excluding steroid dienone is 1. The van der Waals surface area contributed by atoms with Crippen molar-refractivity contribution in [1.82, 2.24) is 25.0 Å². The van der Waals surface area contributed by atoms with Gasteiger partial charge < -0.3 is 24.8 Å². The summed E-state index contributed by atoms with van der Waals surface area (Å²) < 4.78 is 7.09. The zero-order valence-corrected chi connectivity index (χ0v) is 24.1. The van der Waals surface area contributed by atoms with Crippen LogP contribution in [0.4, 0.5) is 5.69 Å². The van der Waals surface area contributed by atoms with Crippen molar-refractivity contribution in [2.75, 3.05) is 37.4 Å². The second kappa shape index (κ2) is 13.8. The number of nitrogens with one attached hydrogen (secondary N) is 2. The van der Waals surface area contributed by atoms with Crippen LogP contribution in [0.5, 0.6) is 0 Å². The number of halogens is 2. The highest BCUT2D eigenvalue weighted by Gasteiger charge is 2.22. The first kappa shape index (κ1) is 29.6. The van der Waals surface area contributed by atoms with Crippen LogP contribution < -0.4 is 10.6 Å². The summed E-state index contributed by atoms with van der Waals surface area (Å²) in [5.41, 5.74) is 1.31. The van der Waals surface area contributed by atoms with E-state index in [-0.39, 0.29) is 34.1 Å². The normalized spacial score (nSPS) is 13.9. The highest BCUT2D eigenvalue weighted by Crippen LogP contribution is 2.24. The first-order valence-corrected chi connectivity index (χ1v) is 14.2. The average Bonchev–Trinajstić information content (AvgIpc) is 3.34. The zero-order valence-electron chi connectivity index (χ0n) is 21.7. The number of morpholine rings is 1. The summed E-state index contributed by atoms with van der Waals surface area (Å²) in [7, 11) is 0. The molecule has 0 radical (unpaired) electrons. The molecular formula is C27H28Cl2N6O4S. The average molecular weight is 604 g/mol. The van der Waals surface area contributed by atoms with Crippen molar-refractivity contribution in [3.63, 3.8) is 0 Å². The van der Waals surface area contributed by atoms with Crippen LogP contribution in [0.25, 0.3) is 0 Å². The van der Waals surface area contributed by atoms with Gasteiger partial charge in [0.1, 0.15) is 0 Å². The Bertz CT molecular complexity index is 1410. The van der Waals surface area contributed by atoms with Gasteiger partial charge in [-0.2, -0.15) is 0 Å². The molecule has 2 aromatic carbocycles. The number of ether oxygens (including phenoxy) is 1. The van der Waals surface area contributed by atoms with Crippen LogP contribution in [-0.4, -0.2) is 69.4 Å². The second-order valence-corrected chi connectivity index (χ2v) is 10.7. The largest absolute Gasteiger partial charge is 0.378 e. The molecule has 0 spiro atoms. The van der Waals surface area contributed by atoms with Gasteiger partial charge in [0.15, 0.2) is 11.0 Å². The Morgan fingerprint density at radius 2 is 1.93 bits per heavy atom. The second-order valence-electron chi connectivity index (χ2n) is 8.88. The van der Waals surface area contributed by atoms with Crippen LogP contribution in [0.3, 0.4) is 0 Å². The summed E-state index contributed by atoms with van der Waals surface area (Å²) in [4.78, 5) is 40.0. The van der Waals surface area contributed by atoms with Crippen molar-refractivity contribution in [2.45, 2.75) is 24.7 Å². The minimum Gasteiger partial charge on any atom is -0.378 e. The Morgan fingerprint density at radius 1 is 1.15 bits per heavy atom. The van der Waals surface area contributed by atoms with Gasteiger partial charge in [-0.15, -0.1) is 16.8 Å². The van der Waals surface area contributed by atoms with E-state index in [1.165, 1.54) is 17.8 Å². The molecule has 3 amide bonds. The van der Waals surface area contributed by atoms with Gasteiger partial charge in [-0.3, -0.25) is 14.4 Å². The zero-order chi connectivity index (χ0) is 28.6. The van der Waals surface area contributed by atoms with Gasteiger partial charge in [-0.05, 0) is 43.3 Å². The molecule has 40 heavy (non-hydrogen) atoms. The third-order valence-electron chi connectivity index (χ3n) is 5.99. The van der Waals surface area contributed by atoms with E-state index in [2.05, 4.69) is 27.4 Å². The van der Waals surface area contributed by atoms with Crippen LogP contribution in [0.1, 0.15) is 39.5 Å². The number of nitrogens with zero attached hydrogens (tertiary/aromatic N) is 4. The van der Waals surface area contributed by atoms with Crippen molar-refractivity contribution in [3.05, 3.63) is 82.1 Å². The van der Waals surface area contributed by atoms with Crippen molar-refractivity contribution >= 4 is 58.4 Å². The Morgan fingerprint density at radius 3 is 2.65 bits per heavy atom. The molecule has 2 heterocycles. The molecule has 0 aliphatic carbocycles. The van der Waals surface area contributed by atoms with E-state index >= 15 is 0 Å². The predicted octanol–water partition coefficient (Wildman–Crippen LogP) is 4.47. The number of carbonyl (C=O) groups excluding carboxylic acids is 3. The molecule has 1 aliphatic heterocycles. The Labute approximate surface area is 246 Å². The van der Waals surface area contributed by atoms with Crippen molar-refractivity contribution in [3.8, 4) is 0 Å². The molecule has 210 valence electrons. The van der Waals surface area contributed by atoms with E-state index in [0.717, 1.165) is 0 Å². The molecule has 4 rings (SSSR count). The molecule has 10 nitrogen and oxygen atoms in total. The minimum absolute atomic E-state index is 0.0536. The molecule has 13 heteroatoms. The van der Waals surface area contributed by atoms with Crippen LogP contribution in [0.15, 0.2) is 60.3 Å². The van der Waals surface area contributed by atoms with Gasteiger partial charge in [0.2, 0.25) is 5.91 Å². The Balaban J connectivity index is 1.38. The Kier molecular flexibility index (Phi) is 10.2. The van der Waals surface area contributed by atoms with Gasteiger partial charge in [0.25, 0.3) is 11.8 Å². The lowest BCUT2D eigenvalue weighted by Gasteiger charge is -2.27. The predicted molar refractivity (Wildman–Crippen MR) is 155 cm³/mol. The number of amides is 3. The summed E-state index contributed by atoms with van der Waals surface area (Å²) in [6.07, 6.45) is 1.68. The summed E-state index contributed by atoms with van der Waals surface area (Å²) in [5.74, 6) is -0.202. The fourth-order valence-electron chi connectivity index (χ4n) is 4.05. The molecule has 0 saturated carbocycles. The molecule has 1 saturated heterocycles. The SMILES string of the molecule is C=CCn1c(SCC(=O)Nc2cccc(C(=O)N3CCOCC3)c2)nnc1[C@@H](C)NC(=O)c1ccc(Cl)cc1Cl. The molecule has 3 aromatic rings. The molecule has 1 aliphatic rings. The smallest absolute Gasteiger partial charge is 0.254 e. The van der Waals surface area contributed by atoms with E-state index in [9.17, 15) is 14.4 Å². The summed E-state index contributed by atoms with van der Waals surface area (Å²) >= 11 is 13.3. The quantitative estimate of drug-likeness (QED) is 0.260. The highest BCUT2D eigenvalue weighted by molar-refractivity contribution is 7.99. The molecule has 1 fully saturated rings. The van der Waals surface area contributed by atoms with Crippen LogP contribution in [0, 0.1) is 0 Å². The maximum Gasteiger partial charge on any atom is 0.254 e. The topological polar surface area (TPSA) is 118 Å². The molecule has 2 N–H and O–H groups in total. The molecule has 0 unspecified atom stereocenters. The van der Waals surface area contributed by atoms with Gasteiger partial charge in [0, 0.05) is 35.9 Å². The highest BCUT2D eigenvalue weighted by atomic mass is 35.5. The third-order valence-corrected chi connectivity index (χ3v) is 7.51. The molecular weight excluding hydrogens is 575 g/mol. The lowest BCUT2D eigenvalue weighted by atomic mass is 10.1. The van der Waals surface area contributed by atoms with Gasteiger partial charge in [-0.25, -0.2) is 0 Å². The fraction of sp³-hybridized carbons (Fsp3) is 0.296. The maximum atomic E-state index is 12.8. The van der Waals surface area contributed by atoms with Gasteiger partial charge in [-0.1, -0.05) is 47.1 Å². The number of rotatable bonds is 10. The van der Waals surface area contributed by atoms with Crippen LogP contribution in [-0.2, 0) is 16.1 Å². The lowest BCUT2D eigenvalue weighted by Crippen LogP contribution is -2.40. The van der Waals surface area contributed by atoms with E-state index < -0.39 is 6.04 Å². The number of hydrogen-bond acceptors (Lipinski definition) is 7. The first-order chi connectivity index (χ1) is 19.3. The van der Waals surface area contributed by atoms with Crippen molar-refractivity contribution < 1.29 is 19.1 Å². The van der Waals surface area contributed by atoms with E-state index in [1.54, 1.807) is 58.9 Å². The van der Waals surface area contributed by atoms with E-state index in [4.69, 9.17) is 27.9 Å². The fourth-order valence-corrected chi connectivity index (χ4v) is 5.30. The molecule has 1 aromatic heterocycles.